The number of aryl methyl sites for hydroxylation is 1. The Morgan fingerprint density at radius 3 is 2.80 bits per heavy atom. The summed E-state index contributed by atoms with van der Waals surface area (Å²) in [6.07, 6.45) is 1.15. The van der Waals surface area contributed by atoms with Gasteiger partial charge in [0.1, 0.15) is 0 Å². The van der Waals surface area contributed by atoms with Crippen molar-refractivity contribution >= 4 is 0 Å². The summed E-state index contributed by atoms with van der Waals surface area (Å²) < 4.78 is 0. The van der Waals surface area contributed by atoms with E-state index >= 15 is 0 Å². The minimum Gasteiger partial charge on any atom is -0.297 e. The number of nitrogens with one attached hydrogen (secondary N) is 1. The molecule has 0 aromatic carbocycles. The molecule has 0 bridgehead atoms. The molecule has 2 rings (SSSR count). The Hall–Kier alpha value is -0.830. The van der Waals surface area contributed by atoms with Gasteiger partial charge in [-0.2, -0.15) is 5.10 Å². The molecule has 0 saturated carbocycles. The number of fused-ring (bicyclic) bond motifs is 1. The Morgan fingerprint density at radius 2 is 2.13 bits per heavy atom. The fraction of sp³-hybridized carbons (Fsp3) is 0.750. The molecule has 15 heavy (non-hydrogen) atoms. The third-order valence-corrected chi connectivity index (χ3v) is 2.92. The first-order valence-electron chi connectivity index (χ1n) is 5.71. The van der Waals surface area contributed by atoms with Crippen molar-refractivity contribution in [3.8, 4) is 0 Å². The summed E-state index contributed by atoms with van der Waals surface area (Å²) in [5.41, 5.74) is 4.33. The monoisotopic (exact) mass is 207 g/mol. The zero-order valence-electron chi connectivity index (χ0n) is 10.2. The molecule has 1 aromatic heterocycles. The molecule has 0 atom stereocenters. The first-order valence-corrected chi connectivity index (χ1v) is 5.71. The van der Waals surface area contributed by atoms with E-state index in [9.17, 15) is 0 Å². The van der Waals surface area contributed by atoms with Crippen LogP contribution in [0.4, 0.5) is 0 Å². The van der Waals surface area contributed by atoms with Crippen molar-refractivity contribution in [3.05, 3.63) is 17.0 Å². The Morgan fingerprint density at radius 1 is 1.40 bits per heavy atom. The molecule has 0 spiro atoms. The second-order valence-electron chi connectivity index (χ2n) is 5.79. The molecule has 1 aliphatic heterocycles. The van der Waals surface area contributed by atoms with Crippen molar-refractivity contribution in [2.24, 2.45) is 5.41 Å². The summed E-state index contributed by atoms with van der Waals surface area (Å²) in [7, 11) is 0. The van der Waals surface area contributed by atoms with E-state index in [1.54, 1.807) is 0 Å². The third-order valence-electron chi connectivity index (χ3n) is 2.92. The first kappa shape index (κ1) is 10.7. The number of hydrogen-bond donors (Lipinski definition) is 1. The van der Waals surface area contributed by atoms with Gasteiger partial charge in [0.15, 0.2) is 0 Å². The SMILES string of the molecule is Cc1n[nH]c2c1CCN(CC(C)(C)C)C2. The summed E-state index contributed by atoms with van der Waals surface area (Å²) in [5.74, 6) is 0. The smallest absolute Gasteiger partial charge is 0.0627 e. The average molecular weight is 207 g/mol. The quantitative estimate of drug-likeness (QED) is 0.765. The molecule has 0 aliphatic carbocycles. The van der Waals surface area contributed by atoms with E-state index < -0.39 is 0 Å². The highest BCUT2D eigenvalue weighted by Crippen LogP contribution is 2.23. The number of nitrogens with zero attached hydrogens (tertiary/aromatic N) is 2. The van der Waals surface area contributed by atoms with E-state index in [2.05, 4.69) is 42.8 Å². The highest BCUT2D eigenvalue weighted by Gasteiger charge is 2.23. The van der Waals surface area contributed by atoms with Gasteiger partial charge in [-0.05, 0) is 24.3 Å². The topological polar surface area (TPSA) is 31.9 Å². The van der Waals surface area contributed by atoms with Crippen LogP contribution >= 0.6 is 0 Å². The molecular weight excluding hydrogens is 186 g/mol. The van der Waals surface area contributed by atoms with Crippen LogP contribution in [0.3, 0.4) is 0 Å². The van der Waals surface area contributed by atoms with E-state index in [1.165, 1.54) is 23.5 Å². The Kier molecular flexibility index (Phi) is 2.59. The highest BCUT2D eigenvalue weighted by molar-refractivity contribution is 5.26. The van der Waals surface area contributed by atoms with Crippen LogP contribution in [0.25, 0.3) is 0 Å². The predicted octanol–water partition coefficient (Wildman–Crippen LogP) is 2.12. The van der Waals surface area contributed by atoms with Gasteiger partial charge in [0.25, 0.3) is 0 Å². The van der Waals surface area contributed by atoms with E-state index in [1.807, 2.05) is 0 Å². The normalized spacial score (nSPS) is 17.9. The molecule has 0 fully saturated rings. The van der Waals surface area contributed by atoms with Crippen LogP contribution < -0.4 is 0 Å². The van der Waals surface area contributed by atoms with Crippen molar-refractivity contribution in [1.29, 1.82) is 0 Å². The van der Waals surface area contributed by atoms with Crippen LogP contribution in [0, 0.1) is 12.3 Å². The van der Waals surface area contributed by atoms with E-state index in [-0.39, 0.29) is 0 Å². The molecule has 0 unspecified atom stereocenters. The van der Waals surface area contributed by atoms with Gasteiger partial charge >= 0.3 is 0 Å². The van der Waals surface area contributed by atoms with Crippen molar-refractivity contribution in [2.75, 3.05) is 13.1 Å². The van der Waals surface area contributed by atoms with Crippen molar-refractivity contribution < 1.29 is 0 Å². The van der Waals surface area contributed by atoms with Crippen LogP contribution in [0.2, 0.25) is 0 Å². The summed E-state index contributed by atoms with van der Waals surface area (Å²) in [4.78, 5) is 2.51. The molecule has 1 N–H and O–H groups in total. The lowest BCUT2D eigenvalue weighted by Crippen LogP contribution is -2.36. The molecule has 2 heterocycles. The summed E-state index contributed by atoms with van der Waals surface area (Å²) in [5, 5.41) is 7.43. The Balaban J connectivity index is 2.06. The average Bonchev–Trinajstić information content (AvgIpc) is 2.45. The van der Waals surface area contributed by atoms with E-state index in [4.69, 9.17) is 0 Å². The van der Waals surface area contributed by atoms with Crippen LogP contribution in [0.15, 0.2) is 0 Å². The molecule has 3 nitrogen and oxygen atoms in total. The minimum atomic E-state index is 0.382. The second-order valence-corrected chi connectivity index (χ2v) is 5.79. The van der Waals surface area contributed by atoms with E-state index in [0.29, 0.717) is 5.41 Å². The standard InChI is InChI=1S/C12H21N3/c1-9-10-5-6-15(8-12(2,3)4)7-11(10)14-13-9/h5-8H2,1-4H3,(H,13,14). The predicted molar refractivity (Wildman–Crippen MR) is 61.8 cm³/mol. The number of hydrogen-bond acceptors (Lipinski definition) is 2. The zero-order chi connectivity index (χ0) is 11.1. The Labute approximate surface area is 91.9 Å². The summed E-state index contributed by atoms with van der Waals surface area (Å²) in [6.45, 7) is 12.3. The largest absolute Gasteiger partial charge is 0.297 e. The summed E-state index contributed by atoms with van der Waals surface area (Å²) in [6, 6.07) is 0. The lowest BCUT2D eigenvalue weighted by atomic mass is 9.94. The lowest BCUT2D eigenvalue weighted by Gasteiger charge is -2.32. The fourth-order valence-corrected chi connectivity index (χ4v) is 2.35. The highest BCUT2D eigenvalue weighted by atomic mass is 15.2. The first-order chi connectivity index (χ1) is 6.96. The molecular formula is C12H21N3. The maximum absolute atomic E-state index is 4.28. The molecule has 84 valence electrons. The zero-order valence-corrected chi connectivity index (χ0v) is 10.2. The van der Waals surface area contributed by atoms with Gasteiger partial charge < -0.3 is 0 Å². The maximum Gasteiger partial charge on any atom is 0.0627 e. The van der Waals surface area contributed by atoms with Gasteiger partial charge in [-0.25, -0.2) is 0 Å². The van der Waals surface area contributed by atoms with Crippen LogP contribution in [0.1, 0.15) is 37.7 Å². The number of aromatic nitrogens is 2. The minimum absolute atomic E-state index is 0.382. The van der Waals surface area contributed by atoms with Gasteiger partial charge in [0.2, 0.25) is 0 Å². The number of aromatic amines is 1. The van der Waals surface area contributed by atoms with Crippen LogP contribution in [-0.4, -0.2) is 28.2 Å². The molecule has 1 aromatic rings. The lowest BCUT2D eigenvalue weighted by molar-refractivity contribution is 0.175. The molecule has 0 saturated heterocycles. The van der Waals surface area contributed by atoms with Crippen molar-refractivity contribution in [1.82, 2.24) is 15.1 Å². The summed E-state index contributed by atoms with van der Waals surface area (Å²) >= 11 is 0. The Bertz CT molecular complexity index is 346. The fourth-order valence-electron chi connectivity index (χ4n) is 2.35. The van der Waals surface area contributed by atoms with Gasteiger partial charge in [-0.3, -0.25) is 10.00 Å². The van der Waals surface area contributed by atoms with Gasteiger partial charge in [-0.15, -0.1) is 0 Å². The second kappa shape index (κ2) is 3.63. The molecule has 3 heteroatoms. The van der Waals surface area contributed by atoms with Crippen molar-refractivity contribution in [3.63, 3.8) is 0 Å². The third kappa shape index (κ3) is 2.40. The van der Waals surface area contributed by atoms with Crippen molar-refractivity contribution in [2.45, 2.75) is 40.7 Å². The van der Waals surface area contributed by atoms with Gasteiger partial charge in [0.05, 0.1) is 11.4 Å². The molecule has 0 radical (unpaired) electrons. The van der Waals surface area contributed by atoms with Gasteiger partial charge in [0, 0.05) is 19.6 Å². The molecule has 1 aliphatic rings. The molecule has 0 amide bonds. The van der Waals surface area contributed by atoms with E-state index in [0.717, 1.165) is 19.5 Å². The number of rotatable bonds is 1. The number of H-pyrrole nitrogens is 1. The van der Waals surface area contributed by atoms with Crippen LogP contribution in [0.5, 0.6) is 0 Å². The van der Waals surface area contributed by atoms with Gasteiger partial charge in [-0.1, -0.05) is 20.8 Å². The van der Waals surface area contributed by atoms with Crippen LogP contribution in [-0.2, 0) is 13.0 Å². The maximum atomic E-state index is 4.28.